The van der Waals surface area contributed by atoms with Crippen molar-refractivity contribution < 1.29 is 14.0 Å². The number of aromatic nitrogens is 1. The fourth-order valence-corrected chi connectivity index (χ4v) is 6.69. The third-order valence-corrected chi connectivity index (χ3v) is 9.18. The highest BCUT2D eigenvalue weighted by atomic mass is 79.9. The van der Waals surface area contributed by atoms with Gasteiger partial charge in [0.1, 0.15) is 11.9 Å². The van der Waals surface area contributed by atoms with Crippen LogP contribution in [0.3, 0.4) is 0 Å². The summed E-state index contributed by atoms with van der Waals surface area (Å²) in [5, 5.41) is 3.83. The van der Waals surface area contributed by atoms with Gasteiger partial charge in [0.2, 0.25) is 5.91 Å². The van der Waals surface area contributed by atoms with Crippen molar-refractivity contribution >= 4 is 44.3 Å². The molecule has 3 atom stereocenters. The zero-order valence-corrected chi connectivity index (χ0v) is 26.2. The molecule has 2 heterocycles. The number of carbonyl (C=O) groups excluding carboxylic acids is 2. The maximum atomic E-state index is 14.9. The molecule has 0 saturated heterocycles. The summed E-state index contributed by atoms with van der Waals surface area (Å²) in [6, 6.07) is 27.3. The van der Waals surface area contributed by atoms with Gasteiger partial charge in [0.15, 0.2) is 0 Å². The Morgan fingerprint density at radius 2 is 1.70 bits per heavy atom. The third-order valence-electron chi connectivity index (χ3n) is 8.68. The zero-order valence-electron chi connectivity index (χ0n) is 24.6. The topological polar surface area (TPSA) is 54.3 Å². The first kappa shape index (κ1) is 28.9. The van der Waals surface area contributed by atoms with Crippen molar-refractivity contribution in [1.82, 2.24) is 9.47 Å². The lowest BCUT2D eigenvalue weighted by Crippen LogP contribution is -2.50. The number of nitrogens with one attached hydrogen (secondary N) is 1. The molecule has 0 fully saturated rings. The molecule has 7 heteroatoms. The van der Waals surface area contributed by atoms with E-state index in [0.29, 0.717) is 16.5 Å². The van der Waals surface area contributed by atoms with Crippen LogP contribution in [0.1, 0.15) is 53.4 Å². The van der Waals surface area contributed by atoms with E-state index in [4.69, 9.17) is 0 Å². The van der Waals surface area contributed by atoms with Crippen molar-refractivity contribution in [2.45, 2.75) is 39.3 Å². The number of anilines is 1. The summed E-state index contributed by atoms with van der Waals surface area (Å²) < 4.78 is 17.6. The number of rotatable bonds is 7. The largest absolute Gasteiger partial charge is 0.343 e. The van der Waals surface area contributed by atoms with Crippen LogP contribution in [0.4, 0.5) is 10.1 Å². The first-order chi connectivity index (χ1) is 20.7. The second kappa shape index (κ2) is 11.5. The predicted molar refractivity (Wildman–Crippen MR) is 174 cm³/mol. The van der Waals surface area contributed by atoms with Crippen LogP contribution in [-0.2, 0) is 11.8 Å². The lowest BCUT2D eigenvalue weighted by atomic mass is 9.90. The molecular weight excluding hydrogens is 605 g/mol. The normalized spacial score (nSPS) is 15.9. The van der Waals surface area contributed by atoms with Crippen molar-refractivity contribution in [2.75, 3.05) is 5.32 Å². The second-order valence-electron chi connectivity index (χ2n) is 11.4. The number of fused-ring (bicyclic) bond motifs is 2. The highest BCUT2D eigenvalue weighted by molar-refractivity contribution is 9.10. The van der Waals surface area contributed by atoms with Gasteiger partial charge >= 0.3 is 0 Å². The lowest BCUT2D eigenvalue weighted by molar-refractivity contribution is -0.122. The Balaban J connectivity index is 1.58. The Morgan fingerprint density at radius 1 is 1.00 bits per heavy atom. The number of aryl methyl sites for hydroxylation is 2. The van der Waals surface area contributed by atoms with Crippen LogP contribution in [0.5, 0.6) is 0 Å². The van der Waals surface area contributed by atoms with Gasteiger partial charge in [-0.15, -0.1) is 0 Å². The van der Waals surface area contributed by atoms with E-state index in [2.05, 4.69) is 69.1 Å². The van der Waals surface area contributed by atoms with Gasteiger partial charge in [-0.05, 0) is 54.3 Å². The van der Waals surface area contributed by atoms with Gasteiger partial charge in [-0.25, -0.2) is 4.39 Å². The van der Waals surface area contributed by atoms with Crippen molar-refractivity contribution in [1.29, 1.82) is 0 Å². The predicted octanol–water partition coefficient (Wildman–Crippen LogP) is 8.65. The number of para-hydroxylation sites is 1. The number of hydrogen-bond acceptors (Lipinski definition) is 2. The molecule has 218 valence electrons. The minimum Gasteiger partial charge on any atom is -0.343 e. The van der Waals surface area contributed by atoms with Crippen molar-refractivity contribution in [3.63, 3.8) is 0 Å². The van der Waals surface area contributed by atoms with E-state index < -0.39 is 23.8 Å². The number of amides is 2. The van der Waals surface area contributed by atoms with Crippen LogP contribution in [0.25, 0.3) is 22.2 Å². The third kappa shape index (κ3) is 4.95. The zero-order chi connectivity index (χ0) is 30.4. The highest BCUT2D eigenvalue weighted by Crippen LogP contribution is 2.48. The number of hydrogen-bond donors (Lipinski definition) is 1. The van der Waals surface area contributed by atoms with E-state index in [-0.39, 0.29) is 17.5 Å². The summed E-state index contributed by atoms with van der Waals surface area (Å²) in [5.41, 5.74) is 6.68. The minimum absolute atomic E-state index is 0.0766. The molecule has 0 bridgehead atoms. The molecule has 6 rings (SSSR count). The molecule has 1 aliphatic rings. The Hall–Kier alpha value is -4.23. The van der Waals surface area contributed by atoms with E-state index in [1.807, 2.05) is 57.3 Å². The SMILES string of the molecule is CCC(C)C(C(=O)Nc1ccc(Br)cc1F)N1C(=O)c2ccccc2C1c1c(-c2ccc(C)cc2)n(C)c2ccccc12. The molecule has 2 amide bonds. The molecule has 0 aliphatic carbocycles. The first-order valence-corrected chi connectivity index (χ1v) is 15.3. The van der Waals surface area contributed by atoms with Gasteiger partial charge in [0.05, 0.1) is 17.4 Å². The molecule has 0 radical (unpaired) electrons. The summed E-state index contributed by atoms with van der Waals surface area (Å²) in [6.07, 6.45) is 0.647. The summed E-state index contributed by atoms with van der Waals surface area (Å²) in [5.74, 6) is -1.38. The van der Waals surface area contributed by atoms with Crippen molar-refractivity contribution in [2.24, 2.45) is 13.0 Å². The first-order valence-electron chi connectivity index (χ1n) is 14.5. The molecule has 0 spiro atoms. The Morgan fingerprint density at radius 3 is 2.42 bits per heavy atom. The quantitative estimate of drug-likeness (QED) is 0.194. The summed E-state index contributed by atoms with van der Waals surface area (Å²) >= 11 is 3.28. The van der Waals surface area contributed by atoms with Crippen LogP contribution in [-0.4, -0.2) is 27.3 Å². The molecule has 5 nitrogen and oxygen atoms in total. The summed E-state index contributed by atoms with van der Waals surface area (Å²) in [7, 11) is 2.04. The highest BCUT2D eigenvalue weighted by Gasteiger charge is 2.47. The molecule has 4 aromatic carbocycles. The van der Waals surface area contributed by atoms with Gasteiger partial charge in [0, 0.05) is 33.6 Å². The Kier molecular flexibility index (Phi) is 7.69. The second-order valence-corrected chi connectivity index (χ2v) is 12.3. The van der Waals surface area contributed by atoms with E-state index in [1.54, 1.807) is 11.0 Å². The van der Waals surface area contributed by atoms with Gasteiger partial charge in [-0.3, -0.25) is 9.59 Å². The van der Waals surface area contributed by atoms with Gasteiger partial charge < -0.3 is 14.8 Å². The van der Waals surface area contributed by atoms with E-state index in [1.165, 1.54) is 12.1 Å². The maximum absolute atomic E-state index is 14.9. The number of carbonyl (C=O) groups is 2. The fraction of sp³-hybridized carbons (Fsp3) is 0.222. The van der Waals surface area contributed by atoms with Crippen LogP contribution in [0.15, 0.2) is 95.5 Å². The minimum atomic E-state index is -0.859. The molecule has 0 saturated carbocycles. The summed E-state index contributed by atoms with van der Waals surface area (Å²) in [6.45, 7) is 6.03. The monoisotopic (exact) mass is 637 g/mol. The average molecular weight is 639 g/mol. The van der Waals surface area contributed by atoms with Crippen LogP contribution in [0, 0.1) is 18.7 Å². The molecular formula is C36H33BrFN3O2. The number of halogens is 2. The lowest BCUT2D eigenvalue weighted by Gasteiger charge is -2.36. The van der Waals surface area contributed by atoms with Crippen LogP contribution in [0.2, 0.25) is 0 Å². The van der Waals surface area contributed by atoms with Crippen LogP contribution < -0.4 is 5.32 Å². The van der Waals surface area contributed by atoms with E-state index >= 15 is 0 Å². The van der Waals surface area contributed by atoms with E-state index in [0.717, 1.165) is 38.9 Å². The molecule has 3 unspecified atom stereocenters. The van der Waals surface area contributed by atoms with Gasteiger partial charge in [-0.2, -0.15) is 0 Å². The average Bonchev–Trinajstić information content (AvgIpc) is 3.45. The number of benzene rings is 4. The number of nitrogens with zero attached hydrogens (tertiary/aromatic N) is 2. The standard InChI is InChI=1S/C36H33BrFN3O2/c1-5-22(3)32(35(42)39-29-19-18-24(37)20-28(29)38)41-34(25-10-6-7-11-26(25)36(41)43)31-27-12-8-9-13-30(27)40(4)33(31)23-16-14-21(2)15-17-23/h6-20,22,32,34H,5H2,1-4H3,(H,39,42). The van der Waals surface area contributed by atoms with Gasteiger partial charge in [-0.1, -0.05) is 102 Å². The fourth-order valence-electron chi connectivity index (χ4n) is 6.36. The van der Waals surface area contributed by atoms with E-state index in [9.17, 15) is 14.0 Å². The Bertz CT molecular complexity index is 1860. The summed E-state index contributed by atoms with van der Waals surface area (Å²) in [4.78, 5) is 30.3. The van der Waals surface area contributed by atoms with Crippen molar-refractivity contribution in [3.05, 3.63) is 124 Å². The van der Waals surface area contributed by atoms with Crippen molar-refractivity contribution in [3.8, 4) is 11.3 Å². The maximum Gasteiger partial charge on any atom is 0.255 e. The molecule has 1 N–H and O–H groups in total. The van der Waals surface area contributed by atoms with Crippen LogP contribution >= 0.6 is 15.9 Å². The smallest absolute Gasteiger partial charge is 0.255 e. The molecule has 5 aromatic rings. The molecule has 1 aromatic heterocycles. The molecule has 43 heavy (non-hydrogen) atoms. The molecule has 1 aliphatic heterocycles. The Labute approximate surface area is 259 Å². The van der Waals surface area contributed by atoms with Gasteiger partial charge in [0.25, 0.3) is 5.91 Å².